The van der Waals surface area contributed by atoms with Crippen LogP contribution in [0.1, 0.15) is 136 Å². The van der Waals surface area contributed by atoms with Crippen LogP contribution in [-0.2, 0) is 37.6 Å². The lowest BCUT2D eigenvalue weighted by molar-refractivity contribution is -0.144. The van der Waals surface area contributed by atoms with Gasteiger partial charge in [0.25, 0.3) is 0 Å². The molecule has 390 valence electrons. The molecule has 2 aromatic heterocycles. The smallest absolute Gasteiger partial charge is 0.246 e. The molecule has 3 fully saturated rings. The van der Waals surface area contributed by atoms with Gasteiger partial charge in [0.1, 0.15) is 12.1 Å². The fourth-order valence-corrected chi connectivity index (χ4v) is 12.5. The third kappa shape index (κ3) is 10.6. The number of nitriles is 1. The third-order valence-electron chi connectivity index (χ3n) is 16.0. The molecule has 9 rings (SSSR count). The Morgan fingerprint density at radius 2 is 1.69 bits per heavy atom. The molecule has 5 aromatic rings. The highest BCUT2D eigenvalue weighted by molar-refractivity contribution is 7.13. The van der Waals surface area contributed by atoms with Crippen LogP contribution in [0.2, 0.25) is 0 Å². The van der Waals surface area contributed by atoms with Crippen molar-refractivity contribution in [2.45, 2.75) is 136 Å². The number of rotatable bonds is 14. The fraction of sp³-hybridized carbons (Fsp3) is 0.500. The zero-order valence-corrected chi connectivity index (χ0v) is 44.8. The lowest BCUT2D eigenvalue weighted by atomic mass is 9.70. The molecule has 5 heterocycles. The number of carbonyl (C=O) groups excluding carboxylic acids is 5. The lowest BCUT2D eigenvalue weighted by Crippen LogP contribution is -2.57. The molecule has 15 nitrogen and oxygen atoms in total. The van der Waals surface area contributed by atoms with Crippen molar-refractivity contribution in [2.75, 3.05) is 50.7 Å². The van der Waals surface area contributed by atoms with Crippen LogP contribution in [0.15, 0.2) is 60.1 Å². The summed E-state index contributed by atoms with van der Waals surface area (Å²) in [6, 6.07) is 18.6. The molecule has 3 aromatic carbocycles. The predicted octanol–water partition coefficient (Wildman–Crippen LogP) is 7.39. The first kappa shape index (κ1) is 52.5. The molecule has 4 aliphatic rings. The zero-order valence-electron chi connectivity index (χ0n) is 44.0. The normalized spacial score (nSPS) is 19.5. The van der Waals surface area contributed by atoms with Gasteiger partial charge in [0.15, 0.2) is 5.78 Å². The molecule has 0 saturated carbocycles. The van der Waals surface area contributed by atoms with Gasteiger partial charge in [0, 0.05) is 111 Å². The first-order valence-electron chi connectivity index (χ1n) is 26.5. The van der Waals surface area contributed by atoms with Gasteiger partial charge < -0.3 is 35.4 Å². The number of carbonyl (C=O) groups is 5. The van der Waals surface area contributed by atoms with Gasteiger partial charge in [-0.2, -0.15) is 5.26 Å². The number of hydrogen-bond donors (Lipinski definition) is 4. The molecule has 3 aliphatic heterocycles. The summed E-state index contributed by atoms with van der Waals surface area (Å²) in [7, 11) is 0. The predicted molar refractivity (Wildman–Crippen MR) is 288 cm³/mol. The van der Waals surface area contributed by atoms with Crippen molar-refractivity contribution in [1.82, 2.24) is 35.3 Å². The number of nitrogens with one attached hydrogen (secondary N) is 3. The summed E-state index contributed by atoms with van der Waals surface area (Å²) in [5.74, 6) is -0.929. The van der Waals surface area contributed by atoms with Crippen LogP contribution in [0.5, 0.6) is 0 Å². The van der Waals surface area contributed by atoms with Gasteiger partial charge >= 0.3 is 0 Å². The number of aromatic nitrogens is 2. The van der Waals surface area contributed by atoms with E-state index in [0.717, 1.165) is 94.9 Å². The molecule has 4 amide bonds. The lowest BCUT2D eigenvalue weighted by Gasteiger charge is -2.44. The van der Waals surface area contributed by atoms with Crippen molar-refractivity contribution in [1.29, 1.82) is 5.26 Å². The summed E-state index contributed by atoms with van der Waals surface area (Å²) in [5, 5.41) is 26.9. The standard InChI is InChI=1S/C58H71N9O6S/c1-8-38-28-43-44(58(6,7)53-50(51(43)71)42-18-15-37(31-59)27-45(42)62-53)30-46(38)65-21-19-40(20-22-65)64-23-25-66(26-24-64)49(70)12-10-9-11-48(69)63-54(57(3,4)5)56(73)67-33-41(68)29-47(67)55(72)60-32-36-13-16-39(17-14-36)52-35(2)61-34-74-52/h13-18,27-28,30,34,40-41,47,54,62,68H,8-12,19-26,29,32-33H2,1-7H3,(H,60,72)(H,63,69)/t41-,47+,54-/m1/s1. The summed E-state index contributed by atoms with van der Waals surface area (Å²) in [6.45, 7) is 19.1. The number of benzene rings is 3. The number of aliphatic hydroxyl groups is 1. The highest BCUT2D eigenvalue weighted by Crippen LogP contribution is 2.46. The van der Waals surface area contributed by atoms with Crippen LogP contribution in [0.4, 0.5) is 5.69 Å². The van der Waals surface area contributed by atoms with Crippen LogP contribution < -0.4 is 15.5 Å². The number of aliphatic hydroxyl groups excluding tert-OH is 1. The number of unbranched alkanes of at least 4 members (excludes halogenated alkanes) is 1. The maximum atomic E-state index is 14.2. The van der Waals surface area contributed by atoms with E-state index in [1.807, 2.05) is 74.5 Å². The largest absolute Gasteiger partial charge is 0.391 e. The number of anilines is 1. The number of H-pyrrole nitrogens is 1. The molecule has 0 spiro atoms. The van der Waals surface area contributed by atoms with E-state index in [4.69, 9.17) is 0 Å². The van der Waals surface area contributed by atoms with Gasteiger partial charge in [0.05, 0.1) is 39.4 Å². The van der Waals surface area contributed by atoms with Gasteiger partial charge in [-0.25, -0.2) is 4.98 Å². The SMILES string of the molecule is CCc1cc2c(cc1N1CCC(N3CCN(C(=O)CCCCC(=O)N[C@H](C(=O)N4C[C@H](O)C[C@H]4C(=O)NCc4ccc(-c5scnc5C)cc4)C(C)(C)C)CC3)CC1)C(C)(C)c1[nH]c3cc(C#N)ccc3c1C2=O. The number of likely N-dealkylation sites (tertiary alicyclic amines) is 1. The van der Waals surface area contributed by atoms with Crippen molar-refractivity contribution in [3.63, 3.8) is 0 Å². The Morgan fingerprint density at radius 3 is 2.35 bits per heavy atom. The van der Waals surface area contributed by atoms with E-state index in [1.54, 1.807) is 17.4 Å². The first-order valence-corrected chi connectivity index (χ1v) is 27.3. The van der Waals surface area contributed by atoms with E-state index < -0.39 is 34.9 Å². The number of nitrogens with zero attached hydrogens (tertiary/aromatic N) is 6. The van der Waals surface area contributed by atoms with E-state index in [1.165, 1.54) is 16.2 Å². The highest BCUT2D eigenvalue weighted by Gasteiger charge is 2.45. The maximum absolute atomic E-state index is 14.2. The number of fused-ring (bicyclic) bond motifs is 4. The van der Waals surface area contributed by atoms with Gasteiger partial charge in [-0.15, -0.1) is 11.3 Å². The minimum atomic E-state index is -0.919. The van der Waals surface area contributed by atoms with E-state index in [0.29, 0.717) is 49.5 Å². The van der Waals surface area contributed by atoms with Crippen molar-refractivity contribution >= 4 is 57.3 Å². The second-order valence-electron chi connectivity index (χ2n) is 22.4. The Kier molecular flexibility index (Phi) is 15.2. The molecule has 0 radical (unpaired) electrons. The van der Waals surface area contributed by atoms with Gasteiger partial charge in [-0.1, -0.05) is 71.9 Å². The highest BCUT2D eigenvalue weighted by atomic mass is 32.1. The minimum absolute atomic E-state index is 0.000285. The Balaban J connectivity index is 0.716. The molecule has 74 heavy (non-hydrogen) atoms. The van der Waals surface area contributed by atoms with E-state index in [9.17, 15) is 34.3 Å². The van der Waals surface area contributed by atoms with Gasteiger partial charge in [0.2, 0.25) is 23.6 Å². The van der Waals surface area contributed by atoms with Crippen LogP contribution in [0, 0.1) is 23.7 Å². The summed E-state index contributed by atoms with van der Waals surface area (Å²) in [4.78, 5) is 86.0. The number of piperidine rings is 1. The van der Waals surface area contributed by atoms with Crippen molar-refractivity contribution in [2.24, 2.45) is 5.41 Å². The number of ketones is 1. The number of aromatic amines is 1. The number of piperazine rings is 1. The molecule has 4 N–H and O–H groups in total. The Morgan fingerprint density at radius 1 is 0.973 bits per heavy atom. The molecule has 16 heteroatoms. The summed E-state index contributed by atoms with van der Waals surface area (Å²) < 4.78 is 0. The first-order chi connectivity index (χ1) is 35.4. The van der Waals surface area contributed by atoms with Crippen molar-refractivity contribution < 1.29 is 29.1 Å². The molecule has 0 bridgehead atoms. The molecular weight excluding hydrogens is 951 g/mol. The van der Waals surface area contributed by atoms with Crippen molar-refractivity contribution in [3.05, 3.63) is 105 Å². The summed E-state index contributed by atoms with van der Waals surface area (Å²) in [6.07, 6.45) is 3.62. The Bertz CT molecular complexity index is 2980. The number of hydrogen-bond acceptors (Lipinski definition) is 11. The topological polar surface area (TPSA) is 195 Å². The number of aryl methyl sites for hydroxylation is 2. The maximum Gasteiger partial charge on any atom is 0.246 e. The van der Waals surface area contributed by atoms with Gasteiger partial charge in [-0.05, 0) is 91.0 Å². The van der Waals surface area contributed by atoms with Crippen LogP contribution in [0.3, 0.4) is 0 Å². The number of amides is 4. The monoisotopic (exact) mass is 1020 g/mol. The average molecular weight is 1020 g/mol. The quantitative estimate of drug-likeness (QED) is 0.0815. The Labute approximate surface area is 438 Å². The van der Waals surface area contributed by atoms with Crippen LogP contribution in [-0.4, -0.2) is 129 Å². The van der Waals surface area contributed by atoms with Crippen LogP contribution in [0.25, 0.3) is 21.3 Å². The van der Waals surface area contributed by atoms with E-state index in [-0.39, 0.29) is 49.4 Å². The molecule has 3 atom stereocenters. The minimum Gasteiger partial charge on any atom is -0.391 e. The third-order valence-corrected chi connectivity index (χ3v) is 17.0. The second-order valence-corrected chi connectivity index (χ2v) is 23.2. The average Bonchev–Trinajstić information content (AvgIpc) is 4.14. The molecular formula is C58H71N9O6S. The van der Waals surface area contributed by atoms with Gasteiger partial charge in [-0.3, -0.25) is 28.9 Å². The molecule has 1 aliphatic carbocycles. The number of thiazole rings is 1. The zero-order chi connectivity index (χ0) is 52.6. The summed E-state index contributed by atoms with van der Waals surface area (Å²) in [5.41, 5.74) is 10.7. The van der Waals surface area contributed by atoms with Crippen LogP contribution >= 0.6 is 11.3 Å². The van der Waals surface area contributed by atoms with E-state index in [2.05, 4.69) is 69.4 Å². The van der Waals surface area contributed by atoms with E-state index >= 15 is 0 Å². The summed E-state index contributed by atoms with van der Waals surface area (Å²) >= 11 is 1.58. The number of β-amino-alcohol motifs (C(OH)–C–C–N with tert-alkyl or cyclic N) is 1. The molecule has 3 saturated heterocycles. The fourth-order valence-electron chi connectivity index (χ4n) is 11.7. The van der Waals surface area contributed by atoms with Crippen molar-refractivity contribution in [3.8, 4) is 16.5 Å². The molecule has 0 unspecified atom stereocenters. The second kappa shape index (κ2) is 21.4. The Hall–Kier alpha value is -6.41.